The lowest BCUT2D eigenvalue weighted by atomic mass is 10.1. The van der Waals surface area contributed by atoms with E-state index < -0.39 is 0 Å². The van der Waals surface area contributed by atoms with Gasteiger partial charge in [0.1, 0.15) is 36.0 Å². The monoisotopic (exact) mass is 511 g/mol. The number of H-pyrrole nitrogens is 1. The zero-order chi connectivity index (χ0) is 24.9. The van der Waals surface area contributed by atoms with Crippen LogP contribution in [0, 0.1) is 5.82 Å². The van der Waals surface area contributed by atoms with E-state index >= 15 is 0 Å². The molecular weight excluding hydrogens is 485 g/mol. The summed E-state index contributed by atoms with van der Waals surface area (Å²) in [5.41, 5.74) is 2.23. The first-order valence-electron chi connectivity index (χ1n) is 11.9. The lowest BCUT2D eigenvalue weighted by Gasteiger charge is -2.29. The van der Waals surface area contributed by atoms with Gasteiger partial charge in [0.25, 0.3) is 0 Å². The van der Waals surface area contributed by atoms with Crippen LogP contribution in [0.5, 0.6) is 11.6 Å². The van der Waals surface area contributed by atoms with Crippen molar-refractivity contribution >= 4 is 34.0 Å². The molecule has 0 aliphatic carbocycles. The summed E-state index contributed by atoms with van der Waals surface area (Å²) in [5.74, 6) is 1.24. The van der Waals surface area contributed by atoms with Crippen LogP contribution in [-0.2, 0) is 6.61 Å². The van der Waals surface area contributed by atoms with E-state index in [4.69, 9.17) is 21.1 Å². The third kappa shape index (κ3) is 5.87. The van der Waals surface area contributed by atoms with Gasteiger partial charge in [-0.3, -0.25) is 10.00 Å². The number of ether oxygens (including phenoxy) is 2. The summed E-state index contributed by atoms with van der Waals surface area (Å²) in [7, 11) is 0. The summed E-state index contributed by atoms with van der Waals surface area (Å²) < 4.78 is 25.2. The standard InChI is InChI=1S/C26H27ClFN5O3/c27-21-15-19(4-5-23(21)36-16-17-2-1-3-18(28)14-17)30-25-24-22(6-9-29-25)31-32-26(24)35-13-12-33-10-7-20(34)8-11-33/h1-6,9,14-15,20,34H,7-8,10-13,16H2,(H,29,30)(H,31,32). The van der Waals surface area contributed by atoms with Crippen molar-refractivity contribution < 1.29 is 19.0 Å². The average Bonchev–Trinajstić information content (AvgIpc) is 3.29. The average molecular weight is 512 g/mol. The number of hydrogen-bond donors (Lipinski definition) is 3. The fourth-order valence-corrected chi connectivity index (χ4v) is 4.41. The highest BCUT2D eigenvalue weighted by Gasteiger charge is 2.18. The van der Waals surface area contributed by atoms with Gasteiger partial charge in [0.15, 0.2) is 0 Å². The van der Waals surface area contributed by atoms with Gasteiger partial charge in [-0.15, -0.1) is 5.10 Å². The van der Waals surface area contributed by atoms with Gasteiger partial charge in [-0.05, 0) is 54.8 Å². The molecule has 8 nitrogen and oxygen atoms in total. The molecule has 0 saturated carbocycles. The smallest absolute Gasteiger partial charge is 0.244 e. The molecule has 0 bridgehead atoms. The zero-order valence-corrected chi connectivity index (χ0v) is 20.3. The molecule has 10 heteroatoms. The molecule has 2 aromatic heterocycles. The molecule has 1 aliphatic rings. The molecule has 0 radical (unpaired) electrons. The van der Waals surface area contributed by atoms with Crippen LogP contribution in [0.25, 0.3) is 10.9 Å². The number of piperidine rings is 1. The van der Waals surface area contributed by atoms with Crippen molar-refractivity contribution in [2.45, 2.75) is 25.6 Å². The number of pyridine rings is 1. The largest absolute Gasteiger partial charge is 0.487 e. The van der Waals surface area contributed by atoms with Crippen molar-refractivity contribution in [2.24, 2.45) is 0 Å². The second kappa shape index (κ2) is 11.1. The Morgan fingerprint density at radius 2 is 2.00 bits per heavy atom. The Kier molecular flexibility index (Phi) is 7.50. The van der Waals surface area contributed by atoms with Crippen LogP contribution in [0.15, 0.2) is 54.7 Å². The predicted octanol–water partition coefficient (Wildman–Crippen LogP) is 4.91. The highest BCUT2D eigenvalue weighted by molar-refractivity contribution is 6.32. The van der Waals surface area contributed by atoms with E-state index in [2.05, 4.69) is 25.4 Å². The van der Waals surface area contributed by atoms with E-state index in [0.29, 0.717) is 29.1 Å². The molecule has 1 aliphatic heterocycles. The quantitative estimate of drug-likeness (QED) is 0.294. The molecule has 5 rings (SSSR count). The van der Waals surface area contributed by atoms with E-state index in [1.807, 2.05) is 12.1 Å². The van der Waals surface area contributed by atoms with Crippen LogP contribution >= 0.6 is 11.6 Å². The van der Waals surface area contributed by atoms with Crippen molar-refractivity contribution in [1.29, 1.82) is 0 Å². The van der Waals surface area contributed by atoms with Gasteiger partial charge in [0, 0.05) is 31.5 Å². The topological polar surface area (TPSA) is 95.5 Å². The Morgan fingerprint density at radius 1 is 1.14 bits per heavy atom. The maximum Gasteiger partial charge on any atom is 0.244 e. The van der Waals surface area contributed by atoms with Crippen LogP contribution in [-0.4, -0.2) is 57.5 Å². The summed E-state index contributed by atoms with van der Waals surface area (Å²) in [6, 6.07) is 13.4. The minimum Gasteiger partial charge on any atom is -0.487 e. The lowest BCUT2D eigenvalue weighted by molar-refractivity contribution is 0.0752. The molecule has 0 spiro atoms. The number of nitrogens with one attached hydrogen (secondary N) is 2. The summed E-state index contributed by atoms with van der Waals surface area (Å²) in [6.07, 6.45) is 3.07. The van der Waals surface area contributed by atoms with Crippen LogP contribution in [0.1, 0.15) is 18.4 Å². The number of likely N-dealkylation sites (tertiary alicyclic amines) is 1. The molecule has 0 amide bonds. The minimum atomic E-state index is -0.308. The second-order valence-electron chi connectivity index (χ2n) is 8.72. The number of aliphatic hydroxyl groups excluding tert-OH is 1. The van der Waals surface area contributed by atoms with E-state index in [1.165, 1.54) is 12.1 Å². The lowest BCUT2D eigenvalue weighted by Crippen LogP contribution is -2.38. The van der Waals surface area contributed by atoms with Crippen molar-refractivity contribution in [3.8, 4) is 11.6 Å². The Labute approximate surface area is 213 Å². The van der Waals surface area contributed by atoms with Gasteiger partial charge >= 0.3 is 0 Å². The van der Waals surface area contributed by atoms with Gasteiger partial charge in [-0.1, -0.05) is 23.7 Å². The molecule has 4 aromatic rings. The SMILES string of the molecule is OC1CCN(CCOc2n[nH]c3ccnc(Nc4ccc(OCc5cccc(F)c5)c(Cl)c4)c23)CC1. The highest BCUT2D eigenvalue weighted by atomic mass is 35.5. The van der Waals surface area contributed by atoms with Crippen molar-refractivity contribution in [1.82, 2.24) is 20.1 Å². The maximum absolute atomic E-state index is 13.4. The molecule has 2 aromatic carbocycles. The minimum absolute atomic E-state index is 0.195. The number of hydrogen-bond acceptors (Lipinski definition) is 7. The van der Waals surface area contributed by atoms with Gasteiger partial charge in [-0.2, -0.15) is 0 Å². The Balaban J connectivity index is 1.24. The molecule has 1 fully saturated rings. The molecule has 188 valence electrons. The fourth-order valence-electron chi connectivity index (χ4n) is 4.17. The summed E-state index contributed by atoms with van der Waals surface area (Å²) >= 11 is 6.45. The van der Waals surface area contributed by atoms with E-state index in [-0.39, 0.29) is 18.5 Å². The van der Waals surface area contributed by atoms with Crippen LogP contribution < -0.4 is 14.8 Å². The second-order valence-corrected chi connectivity index (χ2v) is 9.13. The first-order valence-corrected chi connectivity index (χ1v) is 12.2. The van der Waals surface area contributed by atoms with Crippen molar-refractivity contribution in [3.63, 3.8) is 0 Å². The van der Waals surface area contributed by atoms with Gasteiger partial charge < -0.3 is 19.9 Å². The van der Waals surface area contributed by atoms with E-state index in [9.17, 15) is 9.50 Å². The number of aromatic amines is 1. The Bertz CT molecular complexity index is 1330. The van der Waals surface area contributed by atoms with E-state index in [0.717, 1.165) is 54.6 Å². The molecule has 36 heavy (non-hydrogen) atoms. The van der Waals surface area contributed by atoms with E-state index in [1.54, 1.807) is 30.5 Å². The van der Waals surface area contributed by atoms with Crippen LogP contribution in [0.2, 0.25) is 5.02 Å². The summed E-state index contributed by atoms with van der Waals surface area (Å²) in [6.45, 7) is 3.18. The molecule has 3 heterocycles. The number of halogens is 2. The third-order valence-electron chi connectivity index (χ3n) is 6.12. The molecule has 1 saturated heterocycles. The number of fused-ring (bicyclic) bond motifs is 1. The first kappa shape index (κ1) is 24.3. The van der Waals surface area contributed by atoms with Crippen LogP contribution in [0.4, 0.5) is 15.9 Å². The first-order chi connectivity index (χ1) is 17.5. The number of nitrogens with zero attached hydrogens (tertiary/aromatic N) is 3. The summed E-state index contributed by atoms with van der Waals surface area (Å²) in [5, 5.41) is 21.4. The maximum atomic E-state index is 13.4. The Morgan fingerprint density at radius 3 is 2.81 bits per heavy atom. The molecule has 0 unspecified atom stereocenters. The highest BCUT2D eigenvalue weighted by Crippen LogP contribution is 2.33. The summed E-state index contributed by atoms with van der Waals surface area (Å²) in [4.78, 5) is 6.76. The van der Waals surface area contributed by atoms with Crippen LogP contribution in [0.3, 0.4) is 0 Å². The number of anilines is 2. The molecular formula is C26H27ClFN5O3. The third-order valence-corrected chi connectivity index (χ3v) is 6.42. The van der Waals surface area contributed by atoms with Crippen molar-refractivity contribution in [2.75, 3.05) is 31.6 Å². The molecule has 0 atom stereocenters. The molecule has 3 N–H and O–H groups in total. The number of aromatic nitrogens is 3. The van der Waals surface area contributed by atoms with Crippen molar-refractivity contribution in [3.05, 3.63) is 71.1 Å². The number of benzene rings is 2. The van der Waals surface area contributed by atoms with Gasteiger partial charge in [-0.25, -0.2) is 9.37 Å². The van der Waals surface area contributed by atoms with Gasteiger partial charge in [0.2, 0.25) is 5.88 Å². The predicted molar refractivity (Wildman–Crippen MR) is 137 cm³/mol. The zero-order valence-electron chi connectivity index (χ0n) is 19.6. The normalized spacial score (nSPS) is 14.8. The van der Waals surface area contributed by atoms with Gasteiger partial charge in [0.05, 0.1) is 16.6 Å². The number of aliphatic hydroxyl groups is 1. The number of rotatable bonds is 9. The Hall–Kier alpha value is -3.40. The fraction of sp³-hybridized carbons (Fsp3) is 0.308.